The van der Waals surface area contributed by atoms with E-state index >= 15 is 0 Å². The van der Waals surface area contributed by atoms with Gasteiger partial charge in [0, 0.05) is 29.6 Å². The van der Waals surface area contributed by atoms with Gasteiger partial charge >= 0.3 is 6.09 Å². The Morgan fingerprint density at radius 1 is 1.04 bits per heavy atom. The van der Waals surface area contributed by atoms with Crippen molar-refractivity contribution in [2.24, 2.45) is 10.3 Å². The predicted molar refractivity (Wildman–Crippen MR) is 209 cm³/mol. The van der Waals surface area contributed by atoms with Crippen LogP contribution in [-0.2, 0) is 29.3 Å². The molecule has 54 heavy (non-hydrogen) atoms. The predicted octanol–water partition coefficient (Wildman–Crippen LogP) is 7.02. The van der Waals surface area contributed by atoms with Crippen LogP contribution in [-0.4, -0.2) is 76.1 Å². The molecule has 12 nitrogen and oxygen atoms in total. The third-order valence-electron chi connectivity index (χ3n) is 10.9. The number of aryl methyl sites for hydroxylation is 1. The Morgan fingerprint density at radius 3 is 2.54 bits per heavy atom. The highest BCUT2D eigenvalue weighted by molar-refractivity contribution is 7.91. The zero-order valence-electron chi connectivity index (χ0n) is 31.7. The van der Waals surface area contributed by atoms with Crippen LogP contribution >= 0.6 is 0 Å². The summed E-state index contributed by atoms with van der Waals surface area (Å²) in [4.78, 5) is 39.2. The van der Waals surface area contributed by atoms with Crippen molar-refractivity contribution in [2.75, 3.05) is 7.11 Å². The van der Waals surface area contributed by atoms with Gasteiger partial charge in [0.1, 0.15) is 45.4 Å². The maximum atomic E-state index is 14.3. The number of fused-ring (bicyclic) bond motifs is 4. The molecular weight excluding hydrogens is 703 g/mol. The van der Waals surface area contributed by atoms with Crippen LogP contribution in [0.5, 0.6) is 5.88 Å². The van der Waals surface area contributed by atoms with E-state index in [1.807, 2.05) is 92.5 Å². The minimum atomic E-state index is -1.40. The molecule has 2 aliphatic heterocycles. The summed E-state index contributed by atoms with van der Waals surface area (Å²) in [5.74, 6) is 0.974. The van der Waals surface area contributed by atoms with Crippen molar-refractivity contribution in [1.82, 2.24) is 29.2 Å². The van der Waals surface area contributed by atoms with Crippen LogP contribution < -0.4 is 10.1 Å². The maximum absolute atomic E-state index is 14.3. The van der Waals surface area contributed by atoms with E-state index in [0.29, 0.717) is 40.8 Å². The minimum absolute atomic E-state index is 0.0267. The Bertz CT molecular complexity index is 2270. The topological polar surface area (TPSA) is 138 Å². The van der Waals surface area contributed by atoms with Crippen molar-refractivity contribution in [3.63, 3.8) is 0 Å². The number of alkyl carbamates (subject to hydrolysis) is 1. The summed E-state index contributed by atoms with van der Waals surface area (Å²) >= 11 is -1.40. The van der Waals surface area contributed by atoms with Crippen molar-refractivity contribution in [1.29, 1.82) is 0 Å². The molecule has 0 spiro atoms. The van der Waals surface area contributed by atoms with Crippen molar-refractivity contribution in [3.8, 4) is 17.3 Å². The number of rotatable bonds is 10. The molecule has 0 radical (unpaired) electrons. The van der Waals surface area contributed by atoms with Crippen LogP contribution in [0.1, 0.15) is 87.1 Å². The molecule has 1 aliphatic carbocycles. The van der Waals surface area contributed by atoms with Gasteiger partial charge in [-0.25, -0.2) is 14.8 Å². The number of pyridine rings is 2. The third kappa shape index (κ3) is 6.83. The lowest BCUT2D eigenvalue weighted by atomic mass is 9.96. The van der Waals surface area contributed by atoms with Gasteiger partial charge in [0.15, 0.2) is 5.88 Å². The van der Waals surface area contributed by atoms with Crippen LogP contribution in [0.15, 0.2) is 65.1 Å². The zero-order chi connectivity index (χ0) is 37.9. The fourth-order valence-corrected chi connectivity index (χ4v) is 8.51. The Labute approximate surface area is 318 Å². The van der Waals surface area contributed by atoms with Gasteiger partial charge in [0.05, 0.1) is 36.3 Å². The molecule has 6 heterocycles. The molecule has 1 N–H and O–H groups in total. The van der Waals surface area contributed by atoms with Crippen LogP contribution in [0, 0.1) is 12.8 Å². The van der Waals surface area contributed by atoms with Gasteiger partial charge < -0.3 is 28.8 Å². The number of carbonyl (C=O) groups excluding carboxylic acids is 2. The average molecular weight is 750 g/mol. The number of hydrogen-bond donors (Lipinski definition) is 1. The molecule has 2 amide bonds. The summed E-state index contributed by atoms with van der Waals surface area (Å²) in [6.45, 7) is 10.6. The third-order valence-corrected chi connectivity index (χ3v) is 12.4. The Morgan fingerprint density at radius 2 is 1.81 bits per heavy atom. The summed E-state index contributed by atoms with van der Waals surface area (Å²) in [5.41, 5.74) is 6.80. The van der Waals surface area contributed by atoms with Crippen LogP contribution in [0.3, 0.4) is 0 Å². The highest BCUT2D eigenvalue weighted by Crippen LogP contribution is 2.40. The Hall–Kier alpha value is -4.88. The smallest absolute Gasteiger partial charge is 0.407 e. The number of nitrogens with zero attached hydrogens (tertiary/aromatic N) is 6. The minimum Gasteiger partial charge on any atom is -0.591 e. The fourth-order valence-electron chi connectivity index (χ4n) is 7.89. The summed E-state index contributed by atoms with van der Waals surface area (Å²) in [6, 6.07) is 19.0. The number of hydrogen-bond acceptors (Lipinski definition) is 8. The first-order chi connectivity index (χ1) is 25.9. The summed E-state index contributed by atoms with van der Waals surface area (Å²) < 4.78 is 32.4. The first-order valence-electron chi connectivity index (χ1n) is 18.7. The van der Waals surface area contributed by atoms with Gasteiger partial charge in [-0.3, -0.25) is 9.20 Å². The molecule has 1 unspecified atom stereocenters. The molecule has 5 aromatic rings. The number of methoxy groups -OCH3 is 1. The van der Waals surface area contributed by atoms with E-state index in [1.165, 1.54) is 0 Å². The molecule has 4 atom stereocenters. The highest BCUT2D eigenvalue weighted by atomic mass is 32.2. The molecule has 1 saturated carbocycles. The van der Waals surface area contributed by atoms with Crippen LogP contribution in [0.4, 0.5) is 4.79 Å². The standard InChI is InChI=1S/C41H47N7O5S/c1-24(45-54(51)41(3,4)5)31-16-14-28-18-34(46(38(28)42-31)22-26-12-13-26)37-25(2)47-35(44-37)19-29(20-36(47)52-6)39(49)48-30-15-17-33(48)32(21-30)43-40(50)53-23-27-10-8-7-9-11-27/h7-11,14,16,18-20,26,30,32-33H,12-13,15,17,21-23H2,1-6H3,(H,43,50)/t30-,32+,33+,54?/m0/s1. The number of benzene rings is 1. The second-order valence-corrected chi connectivity index (χ2v) is 17.7. The highest BCUT2D eigenvalue weighted by Gasteiger charge is 2.49. The lowest BCUT2D eigenvalue weighted by Crippen LogP contribution is -2.45. The van der Waals surface area contributed by atoms with E-state index < -0.39 is 22.2 Å². The van der Waals surface area contributed by atoms with Crippen LogP contribution in [0.25, 0.3) is 28.1 Å². The van der Waals surface area contributed by atoms with Gasteiger partial charge in [-0.05, 0) is 102 Å². The number of carbonyl (C=O) groups is 2. The van der Waals surface area contributed by atoms with E-state index in [4.69, 9.17) is 19.4 Å². The molecule has 2 bridgehead atoms. The Balaban J connectivity index is 1.09. The van der Waals surface area contributed by atoms with Crippen LogP contribution in [0.2, 0.25) is 0 Å². The first-order valence-corrected chi connectivity index (χ1v) is 19.9. The summed E-state index contributed by atoms with van der Waals surface area (Å²) in [7, 11) is 1.61. The number of aromatic nitrogens is 4. The number of amides is 2. The molecule has 282 valence electrons. The Kier molecular flexibility index (Phi) is 9.41. The summed E-state index contributed by atoms with van der Waals surface area (Å²) in [6.07, 6.45) is 4.24. The SMILES string of the molecule is COc1cc(C(=O)N2[C@H]3CC[C@@H]2[C@H](NC(=O)OCc2ccccc2)C3)cc2nc(-c3cc4ccc(C(C)=N[S+]([O-])C(C)(C)C)nc4n3CC3CC3)c(C)n12. The first kappa shape index (κ1) is 36.1. The van der Waals surface area contributed by atoms with Crippen molar-refractivity contribution < 1.29 is 23.6 Å². The van der Waals surface area contributed by atoms with E-state index in [2.05, 4.69) is 20.3 Å². The zero-order valence-corrected chi connectivity index (χ0v) is 32.5. The number of ether oxygens (including phenoxy) is 2. The van der Waals surface area contributed by atoms with Crippen molar-refractivity contribution >= 4 is 45.8 Å². The quantitative estimate of drug-likeness (QED) is 0.120. The van der Waals surface area contributed by atoms with Crippen molar-refractivity contribution in [2.45, 2.75) is 103 Å². The number of nitrogens with one attached hydrogen (secondary N) is 1. The molecule has 4 aromatic heterocycles. The molecule has 3 fully saturated rings. The number of imidazole rings is 1. The van der Waals surface area contributed by atoms with E-state index in [1.54, 1.807) is 13.2 Å². The van der Waals surface area contributed by atoms with Crippen molar-refractivity contribution in [3.05, 3.63) is 83.2 Å². The van der Waals surface area contributed by atoms with Gasteiger partial charge in [-0.2, -0.15) is 0 Å². The molecule has 8 rings (SSSR count). The summed E-state index contributed by atoms with van der Waals surface area (Å²) in [5, 5.41) is 4.01. The second kappa shape index (κ2) is 14.1. The van der Waals surface area contributed by atoms with Gasteiger partial charge in [0.25, 0.3) is 5.91 Å². The second-order valence-electron chi connectivity index (χ2n) is 15.8. The molecule has 2 saturated heterocycles. The van der Waals surface area contributed by atoms with E-state index in [0.717, 1.165) is 65.9 Å². The van der Waals surface area contributed by atoms with E-state index in [-0.39, 0.29) is 30.6 Å². The lowest BCUT2D eigenvalue weighted by Gasteiger charge is -2.25. The molecule has 3 aliphatic rings. The molecule has 1 aromatic carbocycles. The largest absolute Gasteiger partial charge is 0.591 e. The lowest BCUT2D eigenvalue weighted by molar-refractivity contribution is 0.0719. The van der Waals surface area contributed by atoms with Gasteiger partial charge in [-0.15, -0.1) is 0 Å². The molecule has 13 heteroatoms. The fraction of sp³-hybridized carbons (Fsp3) is 0.439. The normalized spacial score (nSPS) is 20.5. The van der Waals surface area contributed by atoms with Gasteiger partial charge in [-0.1, -0.05) is 34.7 Å². The van der Waals surface area contributed by atoms with E-state index in [9.17, 15) is 14.1 Å². The average Bonchev–Trinajstić information content (AvgIpc) is 3.46. The van der Waals surface area contributed by atoms with Gasteiger partial charge in [0.2, 0.25) is 0 Å². The molecular formula is C41H47N7O5S. The monoisotopic (exact) mass is 749 g/mol. The maximum Gasteiger partial charge on any atom is 0.407 e.